The van der Waals surface area contributed by atoms with Gasteiger partial charge < -0.3 is 5.11 Å². The van der Waals surface area contributed by atoms with E-state index in [9.17, 15) is 4.79 Å². The van der Waals surface area contributed by atoms with Crippen molar-refractivity contribution >= 4 is 35.2 Å². The van der Waals surface area contributed by atoms with E-state index in [1.807, 2.05) is 24.3 Å². The predicted octanol–water partition coefficient (Wildman–Crippen LogP) is 4.21. The number of carboxylic acids is 1. The third-order valence-electron chi connectivity index (χ3n) is 3.83. The van der Waals surface area contributed by atoms with Crippen molar-refractivity contribution in [2.75, 3.05) is 11.5 Å². The van der Waals surface area contributed by atoms with Crippen molar-refractivity contribution in [1.29, 1.82) is 0 Å². The molecule has 0 bridgehead atoms. The number of thioether (sulfide) groups is 1. The lowest BCUT2D eigenvalue weighted by Crippen LogP contribution is -2.15. The summed E-state index contributed by atoms with van der Waals surface area (Å²) in [6.45, 7) is 0. The molecule has 2 aromatic rings. The Bertz CT molecular complexity index is 699. The van der Waals surface area contributed by atoms with E-state index in [-0.39, 0.29) is 11.6 Å². The fourth-order valence-corrected chi connectivity index (χ4v) is 4.13. The van der Waals surface area contributed by atoms with E-state index in [1.54, 1.807) is 11.8 Å². The highest BCUT2D eigenvalue weighted by molar-refractivity contribution is 8.00. The molecule has 0 aromatic heterocycles. The Hall–Kier alpha value is -1.78. The minimum atomic E-state index is -1.06. The molecular formula is C17H14ClNO2S. The summed E-state index contributed by atoms with van der Waals surface area (Å²) in [6, 6.07) is 16.8. The zero-order valence-corrected chi connectivity index (χ0v) is 13.3. The zero-order chi connectivity index (χ0) is 15.5. The van der Waals surface area contributed by atoms with Crippen LogP contribution >= 0.6 is 23.5 Å². The summed E-state index contributed by atoms with van der Waals surface area (Å²) in [6.07, 6.45) is 0. The van der Waals surface area contributed by atoms with Crippen LogP contribution < -0.4 is 0 Å². The molecule has 1 N–H and O–H groups in total. The van der Waals surface area contributed by atoms with Gasteiger partial charge in [-0.3, -0.25) is 0 Å². The molecule has 0 unspecified atom stereocenters. The lowest BCUT2D eigenvalue weighted by Gasteiger charge is -2.13. The van der Waals surface area contributed by atoms with Crippen LogP contribution in [-0.2, 0) is 4.79 Å². The van der Waals surface area contributed by atoms with Crippen LogP contribution in [0.3, 0.4) is 0 Å². The summed E-state index contributed by atoms with van der Waals surface area (Å²) >= 11 is 6.86. The lowest BCUT2D eigenvalue weighted by atomic mass is 9.99. The Morgan fingerprint density at radius 2 is 1.64 bits per heavy atom. The van der Waals surface area contributed by atoms with Crippen molar-refractivity contribution in [3.05, 3.63) is 59.7 Å². The normalized spacial score (nSPS) is 13.8. The number of rotatable bonds is 5. The molecule has 0 saturated carbocycles. The van der Waals surface area contributed by atoms with Gasteiger partial charge in [0, 0.05) is 29.2 Å². The van der Waals surface area contributed by atoms with E-state index in [4.69, 9.17) is 16.9 Å². The van der Waals surface area contributed by atoms with Crippen LogP contribution in [0, 0.1) is 0 Å². The molecule has 2 aromatic carbocycles. The molecule has 3 rings (SSSR count). The minimum absolute atomic E-state index is 0.00812. The maximum atomic E-state index is 10.9. The molecule has 0 fully saturated rings. The van der Waals surface area contributed by atoms with Crippen LogP contribution in [-0.4, -0.2) is 28.3 Å². The van der Waals surface area contributed by atoms with Crippen molar-refractivity contribution in [2.24, 2.45) is 4.51 Å². The minimum Gasteiger partial charge on any atom is -0.477 e. The zero-order valence-electron chi connectivity index (χ0n) is 11.7. The number of benzene rings is 2. The first-order valence-electron chi connectivity index (χ1n) is 6.89. The van der Waals surface area contributed by atoms with Crippen LogP contribution in [0.4, 0.5) is 0 Å². The number of nitrogens with zero attached hydrogens (tertiary/aromatic N) is 1. The maximum absolute atomic E-state index is 10.9. The van der Waals surface area contributed by atoms with E-state index < -0.39 is 5.97 Å². The quantitative estimate of drug-likeness (QED) is 0.835. The highest BCUT2D eigenvalue weighted by Crippen LogP contribution is 2.45. The van der Waals surface area contributed by atoms with E-state index in [1.165, 1.54) is 22.3 Å². The van der Waals surface area contributed by atoms with Crippen molar-refractivity contribution in [2.45, 2.75) is 5.92 Å². The molecule has 0 aliphatic heterocycles. The fraction of sp³-hybridized carbons (Fsp3) is 0.176. The summed E-state index contributed by atoms with van der Waals surface area (Å²) in [5, 5.41) is 8.95. The Balaban J connectivity index is 1.81. The molecule has 0 spiro atoms. The standard InChI is InChI=1S/C17H14ClNO2S/c18-19-16(17(20)21)10-22-9-15-13-7-3-1-5-11(13)12-6-2-4-8-14(12)15/h1-8,15H,9-10H2,(H,20,21)/b19-16+. The van der Waals surface area contributed by atoms with Gasteiger partial charge in [-0.2, -0.15) is 16.3 Å². The third-order valence-corrected chi connectivity index (χ3v) is 5.09. The number of carboxylic acid groups (broad SMARTS) is 1. The Kier molecular flexibility index (Phi) is 4.50. The third kappa shape index (κ3) is 2.76. The van der Waals surface area contributed by atoms with Gasteiger partial charge in [-0.05, 0) is 22.3 Å². The van der Waals surface area contributed by atoms with E-state index >= 15 is 0 Å². The van der Waals surface area contributed by atoms with Crippen LogP contribution in [0.1, 0.15) is 17.0 Å². The molecule has 3 nitrogen and oxygen atoms in total. The molecule has 1 aliphatic rings. The van der Waals surface area contributed by atoms with Gasteiger partial charge in [0.25, 0.3) is 0 Å². The summed E-state index contributed by atoms with van der Waals surface area (Å²) in [5.41, 5.74) is 5.14. The van der Waals surface area contributed by atoms with E-state index in [0.717, 1.165) is 5.75 Å². The average molecular weight is 332 g/mol. The highest BCUT2D eigenvalue weighted by Gasteiger charge is 2.27. The highest BCUT2D eigenvalue weighted by atomic mass is 35.5. The number of carbonyl (C=O) groups is 1. The summed E-state index contributed by atoms with van der Waals surface area (Å²) in [4.78, 5) is 10.9. The van der Waals surface area contributed by atoms with Gasteiger partial charge in [-0.25, -0.2) is 4.79 Å². The molecular weight excluding hydrogens is 318 g/mol. The van der Waals surface area contributed by atoms with Crippen LogP contribution in [0.5, 0.6) is 0 Å². The number of hydrogen-bond donors (Lipinski definition) is 1. The van der Waals surface area contributed by atoms with Gasteiger partial charge in [0.1, 0.15) is 5.71 Å². The van der Waals surface area contributed by atoms with E-state index in [0.29, 0.717) is 5.75 Å². The van der Waals surface area contributed by atoms with Crippen molar-refractivity contribution in [3.8, 4) is 11.1 Å². The van der Waals surface area contributed by atoms with Gasteiger partial charge in [0.15, 0.2) is 0 Å². The average Bonchev–Trinajstić information content (AvgIpc) is 2.86. The molecule has 0 radical (unpaired) electrons. The predicted molar refractivity (Wildman–Crippen MR) is 92.0 cm³/mol. The molecule has 22 heavy (non-hydrogen) atoms. The molecule has 0 heterocycles. The Labute approximate surface area is 138 Å². The van der Waals surface area contributed by atoms with Gasteiger partial charge in [-0.1, -0.05) is 48.5 Å². The van der Waals surface area contributed by atoms with Crippen LogP contribution in [0.2, 0.25) is 0 Å². The second-order valence-corrected chi connectivity index (χ2v) is 6.28. The smallest absolute Gasteiger partial charge is 0.352 e. The first-order chi connectivity index (χ1) is 10.7. The van der Waals surface area contributed by atoms with Crippen molar-refractivity contribution in [3.63, 3.8) is 0 Å². The lowest BCUT2D eigenvalue weighted by molar-refractivity contribution is -0.129. The van der Waals surface area contributed by atoms with Crippen molar-refractivity contribution in [1.82, 2.24) is 0 Å². The second-order valence-electron chi connectivity index (χ2n) is 5.08. The molecule has 1 aliphatic carbocycles. The summed E-state index contributed by atoms with van der Waals surface area (Å²) < 4.78 is 3.31. The van der Waals surface area contributed by atoms with Gasteiger partial charge in [0.2, 0.25) is 0 Å². The van der Waals surface area contributed by atoms with Gasteiger partial charge in [0.05, 0.1) is 0 Å². The number of aliphatic carboxylic acids is 1. The maximum Gasteiger partial charge on any atom is 0.352 e. The molecule has 0 amide bonds. The summed E-state index contributed by atoms with van der Waals surface area (Å²) in [7, 11) is 0. The first kappa shape index (κ1) is 15.1. The van der Waals surface area contributed by atoms with Crippen LogP contribution in [0.15, 0.2) is 53.0 Å². The second kappa shape index (κ2) is 6.55. The van der Waals surface area contributed by atoms with E-state index in [2.05, 4.69) is 28.8 Å². The molecule has 0 saturated heterocycles. The SMILES string of the molecule is O=C(O)/C(CSCC1c2ccccc2-c2ccccc21)=N/Cl. The molecule has 5 heteroatoms. The van der Waals surface area contributed by atoms with Crippen molar-refractivity contribution < 1.29 is 9.90 Å². The van der Waals surface area contributed by atoms with Crippen LogP contribution in [0.25, 0.3) is 11.1 Å². The first-order valence-corrected chi connectivity index (χ1v) is 8.38. The Morgan fingerprint density at radius 3 is 2.14 bits per heavy atom. The monoisotopic (exact) mass is 331 g/mol. The Morgan fingerprint density at radius 1 is 1.09 bits per heavy atom. The largest absolute Gasteiger partial charge is 0.477 e. The number of halogens is 1. The topological polar surface area (TPSA) is 49.7 Å². The molecule has 112 valence electrons. The van der Waals surface area contributed by atoms with Gasteiger partial charge >= 0.3 is 5.97 Å². The number of fused-ring (bicyclic) bond motifs is 3. The number of hydrogen-bond acceptors (Lipinski definition) is 3. The van der Waals surface area contributed by atoms with Gasteiger partial charge in [-0.15, -0.1) is 0 Å². The fourth-order valence-electron chi connectivity index (χ4n) is 2.84. The molecule has 0 atom stereocenters. The summed E-state index contributed by atoms with van der Waals surface area (Å²) in [5.74, 6) is 0.328.